The Bertz CT molecular complexity index is 842. The lowest BCUT2D eigenvalue weighted by atomic mass is 10.2. The van der Waals surface area contributed by atoms with Crippen molar-refractivity contribution in [3.8, 4) is 17.0 Å². The molecule has 23 heavy (non-hydrogen) atoms. The zero-order chi connectivity index (χ0) is 16.2. The fraction of sp³-hybridized carbons (Fsp3) is 0.0556. The molecule has 5 heteroatoms. The number of aromatic nitrogens is 1. The molecule has 2 nitrogen and oxygen atoms in total. The molecule has 0 atom stereocenters. The number of benzene rings is 2. The number of hydrogen-bond acceptors (Lipinski definition) is 3. The van der Waals surface area contributed by atoms with E-state index in [-0.39, 0.29) is 5.82 Å². The molecule has 0 bridgehead atoms. The minimum atomic E-state index is -0.252. The molecule has 0 N–H and O–H groups in total. The van der Waals surface area contributed by atoms with Crippen LogP contribution in [0.2, 0.25) is 0 Å². The fourth-order valence-electron chi connectivity index (χ4n) is 2.09. The molecule has 0 fully saturated rings. The molecule has 1 aromatic heterocycles. The second-order valence-corrected chi connectivity index (χ2v) is 7.14. The first-order chi connectivity index (χ1) is 11.2. The van der Waals surface area contributed by atoms with E-state index in [0.717, 1.165) is 31.4 Å². The highest BCUT2D eigenvalue weighted by molar-refractivity contribution is 9.11. The molecule has 0 unspecified atom stereocenters. The van der Waals surface area contributed by atoms with E-state index in [0.29, 0.717) is 0 Å². The standard InChI is InChI=1S/C18H13BrFNOS/c1-22-15-4-2-3-12(11-15)5-10-16-21-17(18(19)23-16)13-6-8-14(20)9-7-13/h2-11H,1H3. The second kappa shape index (κ2) is 7.06. The highest BCUT2D eigenvalue weighted by Gasteiger charge is 2.09. The average molecular weight is 390 g/mol. The quantitative estimate of drug-likeness (QED) is 0.554. The second-order valence-electron chi connectivity index (χ2n) is 4.79. The summed E-state index contributed by atoms with van der Waals surface area (Å²) in [6, 6.07) is 14.1. The van der Waals surface area contributed by atoms with Gasteiger partial charge in [0.2, 0.25) is 0 Å². The number of rotatable bonds is 4. The fourth-order valence-corrected chi connectivity index (χ4v) is 3.62. The first-order valence-corrected chi connectivity index (χ1v) is 8.51. The van der Waals surface area contributed by atoms with Crippen molar-refractivity contribution in [1.82, 2.24) is 4.98 Å². The van der Waals surface area contributed by atoms with Crippen molar-refractivity contribution < 1.29 is 9.13 Å². The Morgan fingerprint density at radius 2 is 1.91 bits per heavy atom. The van der Waals surface area contributed by atoms with Crippen LogP contribution in [0.5, 0.6) is 5.75 Å². The largest absolute Gasteiger partial charge is 0.497 e. The highest BCUT2D eigenvalue weighted by Crippen LogP contribution is 2.33. The third-order valence-electron chi connectivity index (χ3n) is 3.23. The molecule has 0 amide bonds. The van der Waals surface area contributed by atoms with Gasteiger partial charge in [-0.1, -0.05) is 18.2 Å². The van der Waals surface area contributed by atoms with E-state index in [1.54, 1.807) is 19.2 Å². The summed E-state index contributed by atoms with van der Waals surface area (Å²) >= 11 is 5.07. The highest BCUT2D eigenvalue weighted by atomic mass is 79.9. The molecule has 0 aliphatic heterocycles. The van der Waals surface area contributed by atoms with E-state index >= 15 is 0 Å². The monoisotopic (exact) mass is 389 g/mol. The van der Waals surface area contributed by atoms with Crippen LogP contribution in [-0.4, -0.2) is 12.1 Å². The minimum absolute atomic E-state index is 0.252. The van der Waals surface area contributed by atoms with Crippen LogP contribution in [0.1, 0.15) is 10.6 Å². The normalized spacial score (nSPS) is 11.1. The van der Waals surface area contributed by atoms with Crippen molar-refractivity contribution in [3.63, 3.8) is 0 Å². The maximum Gasteiger partial charge on any atom is 0.123 e. The zero-order valence-electron chi connectivity index (χ0n) is 12.3. The van der Waals surface area contributed by atoms with Crippen LogP contribution in [0.15, 0.2) is 52.3 Å². The number of ether oxygens (including phenoxy) is 1. The molecular weight excluding hydrogens is 377 g/mol. The Kier molecular flexibility index (Phi) is 4.88. The number of nitrogens with zero attached hydrogens (tertiary/aromatic N) is 1. The number of halogens is 2. The van der Waals surface area contributed by atoms with E-state index in [4.69, 9.17) is 4.74 Å². The molecule has 0 spiro atoms. The van der Waals surface area contributed by atoms with E-state index in [9.17, 15) is 4.39 Å². The van der Waals surface area contributed by atoms with Crippen molar-refractivity contribution >= 4 is 39.4 Å². The molecule has 2 aromatic carbocycles. The van der Waals surface area contributed by atoms with Crippen molar-refractivity contribution in [2.75, 3.05) is 7.11 Å². The summed E-state index contributed by atoms with van der Waals surface area (Å²) in [5.74, 6) is 0.567. The van der Waals surface area contributed by atoms with Crippen LogP contribution < -0.4 is 4.74 Å². The minimum Gasteiger partial charge on any atom is -0.497 e. The van der Waals surface area contributed by atoms with Crippen LogP contribution in [0.25, 0.3) is 23.4 Å². The average Bonchev–Trinajstić information content (AvgIpc) is 2.95. The summed E-state index contributed by atoms with van der Waals surface area (Å²) in [5.41, 5.74) is 2.75. The summed E-state index contributed by atoms with van der Waals surface area (Å²) in [6.07, 6.45) is 3.94. The van der Waals surface area contributed by atoms with Gasteiger partial charge in [0, 0.05) is 5.56 Å². The summed E-state index contributed by atoms with van der Waals surface area (Å²) < 4.78 is 19.2. The van der Waals surface area contributed by atoms with Gasteiger partial charge in [0.05, 0.1) is 16.6 Å². The molecule has 0 saturated carbocycles. The SMILES string of the molecule is COc1cccc(C=Cc2nc(-c3ccc(F)cc3)c(Br)s2)c1. The van der Waals surface area contributed by atoms with Gasteiger partial charge in [0.15, 0.2) is 0 Å². The van der Waals surface area contributed by atoms with E-state index in [1.165, 1.54) is 23.5 Å². The van der Waals surface area contributed by atoms with Crippen LogP contribution in [0.3, 0.4) is 0 Å². The predicted octanol–water partition coefficient (Wildman–Crippen LogP) is 5.89. The van der Waals surface area contributed by atoms with Crippen molar-refractivity contribution in [2.45, 2.75) is 0 Å². The molecule has 3 aromatic rings. The predicted molar refractivity (Wildman–Crippen MR) is 97.1 cm³/mol. The molecular formula is C18H13BrFNOS. The Morgan fingerprint density at radius 1 is 1.13 bits per heavy atom. The van der Waals surface area contributed by atoms with Gasteiger partial charge in [-0.25, -0.2) is 9.37 Å². The molecule has 0 aliphatic rings. The lowest BCUT2D eigenvalue weighted by Gasteiger charge is -1.99. The molecule has 3 rings (SSSR count). The van der Waals surface area contributed by atoms with E-state index < -0.39 is 0 Å². The Labute approximate surface area is 146 Å². The maximum atomic E-state index is 13.0. The molecule has 1 heterocycles. The van der Waals surface area contributed by atoms with Crippen LogP contribution in [-0.2, 0) is 0 Å². The van der Waals surface area contributed by atoms with E-state index in [1.807, 2.05) is 36.4 Å². The maximum absolute atomic E-state index is 13.0. The van der Waals surface area contributed by atoms with Crippen molar-refractivity contribution in [1.29, 1.82) is 0 Å². The molecule has 0 saturated heterocycles. The van der Waals surface area contributed by atoms with Gasteiger partial charge >= 0.3 is 0 Å². The Balaban J connectivity index is 1.85. The Morgan fingerprint density at radius 3 is 2.65 bits per heavy atom. The summed E-state index contributed by atoms with van der Waals surface area (Å²) in [5, 5.41) is 0.874. The van der Waals surface area contributed by atoms with Crippen LogP contribution >= 0.6 is 27.3 Å². The smallest absolute Gasteiger partial charge is 0.123 e. The molecule has 0 radical (unpaired) electrons. The molecule has 0 aliphatic carbocycles. The first kappa shape index (κ1) is 15.9. The summed E-state index contributed by atoms with van der Waals surface area (Å²) in [6.45, 7) is 0. The first-order valence-electron chi connectivity index (χ1n) is 6.90. The third kappa shape index (κ3) is 3.86. The van der Waals surface area contributed by atoms with Gasteiger partial charge in [-0.2, -0.15) is 0 Å². The Hall–Kier alpha value is -1.98. The van der Waals surface area contributed by atoms with E-state index in [2.05, 4.69) is 20.9 Å². The number of hydrogen-bond donors (Lipinski definition) is 0. The summed E-state index contributed by atoms with van der Waals surface area (Å²) in [4.78, 5) is 4.60. The van der Waals surface area contributed by atoms with Crippen LogP contribution in [0, 0.1) is 5.82 Å². The van der Waals surface area contributed by atoms with Gasteiger partial charge < -0.3 is 4.74 Å². The van der Waals surface area contributed by atoms with Gasteiger partial charge in [0.1, 0.15) is 16.6 Å². The van der Waals surface area contributed by atoms with Gasteiger partial charge in [-0.15, -0.1) is 11.3 Å². The third-order valence-corrected chi connectivity index (χ3v) is 4.90. The lowest BCUT2D eigenvalue weighted by Crippen LogP contribution is -1.82. The molecule has 116 valence electrons. The summed E-state index contributed by atoms with van der Waals surface area (Å²) in [7, 11) is 1.65. The number of methoxy groups -OCH3 is 1. The number of thiazole rings is 1. The van der Waals surface area contributed by atoms with Gasteiger partial charge in [-0.05, 0) is 64.0 Å². The lowest BCUT2D eigenvalue weighted by molar-refractivity contribution is 0.414. The zero-order valence-corrected chi connectivity index (χ0v) is 14.7. The van der Waals surface area contributed by atoms with Crippen molar-refractivity contribution in [2.24, 2.45) is 0 Å². The topological polar surface area (TPSA) is 22.1 Å². The van der Waals surface area contributed by atoms with Gasteiger partial charge in [0.25, 0.3) is 0 Å². The van der Waals surface area contributed by atoms with Gasteiger partial charge in [-0.3, -0.25) is 0 Å². The van der Waals surface area contributed by atoms with Crippen LogP contribution in [0.4, 0.5) is 4.39 Å². The van der Waals surface area contributed by atoms with Crippen molar-refractivity contribution in [3.05, 3.63) is 68.7 Å².